The third kappa shape index (κ3) is 4.37. The summed E-state index contributed by atoms with van der Waals surface area (Å²) >= 11 is 0. The lowest BCUT2D eigenvalue weighted by molar-refractivity contribution is -0.116. The summed E-state index contributed by atoms with van der Waals surface area (Å²) in [5, 5.41) is 2.80. The van der Waals surface area contributed by atoms with Crippen LogP contribution in [0.2, 0.25) is 0 Å². The lowest BCUT2D eigenvalue weighted by Crippen LogP contribution is -2.23. The largest absolute Gasteiger partial charge is 0.491 e. The van der Waals surface area contributed by atoms with Crippen LogP contribution in [0.15, 0.2) is 61.2 Å². The van der Waals surface area contributed by atoms with Gasteiger partial charge in [0.05, 0.1) is 24.1 Å². The molecule has 0 saturated carbocycles. The summed E-state index contributed by atoms with van der Waals surface area (Å²) in [5.41, 5.74) is 3.13. The molecule has 0 aliphatic carbocycles. The van der Waals surface area contributed by atoms with Crippen molar-refractivity contribution in [3.63, 3.8) is 0 Å². The maximum absolute atomic E-state index is 11.5. The van der Waals surface area contributed by atoms with Crippen LogP contribution in [0.4, 0.5) is 0 Å². The minimum absolute atomic E-state index is 0.212. The van der Waals surface area contributed by atoms with Gasteiger partial charge in [-0.3, -0.25) is 4.79 Å². The van der Waals surface area contributed by atoms with Crippen molar-refractivity contribution < 1.29 is 9.53 Å². The molecule has 2 aromatic carbocycles. The van der Waals surface area contributed by atoms with E-state index in [0.29, 0.717) is 25.6 Å². The van der Waals surface area contributed by atoms with Crippen molar-refractivity contribution >= 4 is 16.9 Å². The lowest BCUT2D eigenvalue weighted by atomic mass is 10.0. The third-order valence-corrected chi connectivity index (χ3v) is 4.45. The molecule has 0 unspecified atom stereocenters. The summed E-state index contributed by atoms with van der Waals surface area (Å²) in [6.45, 7) is 9.32. The van der Waals surface area contributed by atoms with Gasteiger partial charge in [-0.05, 0) is 35.8 Å². The predicted molar refractivity (Wildman–Crippen MR) is 108 cm³/mol. The first kappa shape index (κ1) is 18.7. The molecule has 0 radical (unpaired) electrons. The van der Waals surface area contributed by atoms with Crippen molar-refractivity contribution in [1.29, 1.82) is 0 Å². The molecule has 0 bridgehead atoms. The van der Waals surface area contributed by atoms with Gasteiger partial charge in [-0.15, -0.1) is 0 Å². The first-order valence-corrected chi connectivity index (χ1v) is 9.16. The molecule has 0 aliphatic heterocycles. The van der Waals surface area contributed by atoms with E-state index in [9.17, 15) is 4.79 Å². The Bertz CT molecular complexity index is 944. The summed E-state index contributed by atoms with van der Waals surface area (Å²) in [5.74, 6) is 1.90. The number of carbonyl (C=O) groups is 1. The number of hydrogen-bond acceptors (Lipinski definition) is 3. The van der Waals surface area contributed by atoms with E-state index in [2.05, 4.69) is 41.4 Å². The van der Waals surface area contributed by atoms with E-state index in [1.165, 1.54) is 11.6 Å². The molecule has 5 nitrogen and oxygen atoms in total. The highest BCUT2D eigenvalue weighted by molar-refractivity contribution is 5.86. The first-order valence-electron chi connectivity index (χ1n) is 9.16. The number of carbonyl (C=O) groups excluding carboxylic acids is 1. The van der Waals surface area contributed by atoms with Crippen molar-refractivity contribution in [3.8, 4) is 5.75 Å². The number of rotatable bonds is 8. The molecule has 27 heavy (non-hydrogen) atoms. The molecule has 0 aliphatic rings. The normalized spacial score (nSPS) is 10.9. The van der Waals surface area contributed by atoms with Gasteiger partial charge in [0, 0.05) is 0 Å². The summed E-state index contributed by atoms with van der Waals surface area (Å²) in [7, 11) is 0. The number of para-hydroxylation sites is 3. The maximum Gasteiger partial charge on any atom is 0.243 e. The van der Waals surface area contributed by atoms with E-state index in [1.807, 2.05) is 42.5 Å². The molecular weight excluding hydrogens is 338 g/mol. The van der Waals surface area contributed by atoms with Gasteiger partial charge < -0.3 is 14.6 Å². The summed E-state index contributed by atoms with van der Waals surface area (Å²) < 4.78 is 8.16. The van der Waals surface area contributed by atoms with Gasteiger partial charge >= 0.3 is 0 Å². The Kier molecular flexibility index (Phi) is 5.91. The number of imidazole rings is 1. The zero-order valence-electron chi connectivity index (χ0n) is 15.8. The number of nitrogens with one attached hydrogen (secondary N) is 1. The molecule has 1 amide bonds. The Labute approximate surface area is 159 Å². The van der Waals surface area contributed by atoms with Crippen LogP contribution >= 0.6 is 0 Å². The van der Waals surface area contributed by atoms with Crippen molar-refractivity contribution in [1.82, 2.24) is 14.9 Å². The van der Waals surface area contributed by atoms with Gasteiger partial charge in [0.2, 0.25) is 5.91 Å². The van der Waals surface area contributed by atoms with Crippen LogP contribution in [-0.2, 0) is 17.9 Å². The Morgan fingerprint density at radius 1 is 1.22 bits per heavy atom. The van der Waals surface area contributed by atoms with Gasteiger partial charge in [-0.1, -0.05) is 50.8 Å². The van der Waals surface area contributed by atoms with E-state index >= 15 is 0 Å². The van der Waals surface area contributed by atoms with Crippen LogP contribution in [0.5, 0.6) is 5.75 Å². The molecule has 0 spiro atoms. The molecule has 3 rings (SSSR count). The van der Waals surface area contributed by atoms with E-state index in [0.717, 1.165) is 22.6 Å². The van der Waals surface area contributed by atoms with Crippen LogP contribution in [0.25, 0.3) is 11.0 Å². The fourth-order valence-electron chi connectivity index (χ4n) is 3.08. The zero-order valence-corrected chi connectivity index (χ0v) is 15.8. The molecule has 0 fully saturated rings. The molecular formula is C22H25N3O2. The van der Waals surface area contributed by atoms with E-state index in [1.54, 1.807) is 0 Å². The summed E-state index contributed by atoms with van der Waals surface area (Å²) in [6.07, 6.45) is 1.26. The second-order valence-corrected chi connectivity index (χ2v) is 6.63. The smallest absolute Gasteiger partial charge is 0.243 e. The number of amides is 1. The number of nitrogens with zero attached hydrogens (tertiary/aromatic N) is 2. The predicted octanol–water partition coefficient (Wildman–Crippen LogP) is 4.04. The van der Waals surface area contributed by atoms with E-state index in [4.69, 9.17) is 4.74 Å². The number of ether oxygens (including phenoxy) is 1. The maximum atomic E-state index is 11.5. The number of aromatic nitrogens is 2. The first-order chi connectivity index (χ1) is 13.1. The van der Waals surface area contributed by atoms with Crippen LogP contribution < -0.4 is 10.1 Å². The Morgan fingerprint density at radius 2 is 1.96 bits per heavy atom. The monoisotopic (exact) mass is 363 g/mol. The Hall–Kier alpha value is -3.08. The fraction of sp³-hybridized carbons (Fsp3) is 0.273. The molecule has 140 valence electrons. The van der Waals surface area contributed by atoms with Crippen LogP contribution in [-0.4, -0.2) is 22.1 Å². The molecule has 1 heterocycles. The quantitative estimate of drug-likeness (QED) is 0.615. The summed E-state index contributed by atoms with van der Waals surface area (Å²) in [6, 6.07) is 16.1. The van der Waals surface area contributed by atoms with Crippen molar-refractivity contribution in [2.45, 2.75) is 32.9 Å². The highest BCUT2D eigenvalue weighted by atomic mass is 16.5. The van der Waals surface area contributed by atoms with E-state index in [-0.39, 0.29) is 5.91 Å². The minimum atomic E-state index is -0.212. The highest BCUT2D eigenvalue weighted by Crippen LogP contribution is 2.26. The number of benzene rings is 2. The zero-order chi connectivity index (χ0) is 19.2. The molecule has 1 N–H and O–H groups in total. The second kappa shape index (κ2) is 8.54. The Morgan fingerprint density at radius 3 is 2.74 bits per heavy atom. The average molecular weight is 363 g/mol. The number of hydrogen-bond donors (Lipinski definition) is 1. The Balaban J connectivity index is 1.77. The van der Waals surface area contributed by atoms with Gasteiger partial charge in [0.25, 0.3) is 0 Å². The molecule has 0 saturated heterocycles. The second-order valence-electron chi connectivity index (χ2n) is 6.63. The molecule has 0 atom stereocenters. The molecule has 5 heteroatoms. The van der Waals surface area contributed by atoms with Gasteiger partial charge in [0.1, 0.15) is 18.2 Å². The van der Waals surface area contributed by atoms with Gasteiger partial charge in [-0.2, -0.15) is 0 Å². The van der Waals surface area contributed by atoms with Gasteiger partial charge in [0.15, 0.2) is 0 Å². The summed E-state index contributed by atoms with van der Waals surface area (Å²) in [4.78, 5) is 16.2. The topological polar surface area (TPSA) is 56.2 Å². The fourth-order valence-corrected chi connectivity index (χ4v) is 3.08. The van der Waals surface area contributed by atoms with Gasteiger partial charge in [-0.25, -0.2) is 4.98 Å². The standard InChI is InChI=1S/C22H25N3O2/c1-4-22(26)23-15-21-24-18-10-6-7-11-19(18)25(21)13-14-27-20-12-8-5-9-17(20)16(2)3/h4-12,16H,1,13-15H2,2-3H3,(H,23,26). The van der Waals surface area contributed by atoms with Crippen LogP contribution in [0.1, 0.15) is 31.2 Å². The minimum Gasteiger partial charge on any atom is -0.491 e. The van der Waals surface area contributed by atoms with E-state index < -0.39 is 0 Å². The van der Waals surface area contributed by atoms with Crippen molar-refractivity contribution in [3.05, 3.63) is 72.6 Å². The SMILES string of the molecule is C=CC(=O)NCc1nc2ccccc2n1CCOc1ccccc1C(C)C. The third-order valence-electron chi connectivity index (χ3n) is 4.45. The van der Waals surface area contributed by atoms with Crippen molar-refractivity contribution in [2.75, 3.05) is 6.61 Å². The molecule has 1 aromatic heterocycles. The molecule has 3 aromatic rings. The van der Waals surface area contributed by atoms with Crippen LogP contribution in [0.3, 0.4) is 0 Å². The van der Waals surface area contributed by atoms with Crippen molar-refractivity contribution in [2.24, 2.45) is 0 Å². The average Bonchev–Trinajstić information content (AvgIpc) is 3.04. The highest BCUT2D eigenvalue weighted by Gasteiger charge is 2.12. The number of fused-ring (bicyclic) bond motifs is 1. The van der Waals surface area contributed by atoms with Crippen LogP contribution in [0, 0.1) is 0 Å². The lowest BCUT2D eigenvalue weighted by Gasteiger charge is -2.15.